The van der Waals surface area contributed by atoms with Crippen LogP contribution in [0.15, 0.2) is 0 Å². The van der Waals surface area contributed by atoms with Gasteiger partial charge in [-0.1, -0.05) is 20.3 Å². The third-order valence-corrected chi connectivity index (χ3v) is 4.05. The molecule has 1 amide bonds. The Hall–Kier alpha value is -1.08. The summed E-state index contributed by atoms with van der Waals surface area (Å²) in [6.07, 6.45) is 2.81. The molecule has 2 rings (SSSR count). The normalized spacial score (nSPS) is 35.1. The van der Waals surface area contributed by atoms with Crippen molar-refractivity contribution >= 4 is 5.91 Å². The van der Waals surface area contributed by atoms with Crippen molar-refractivity contribution in [1.82, 2.24) is 4.90 Å². The maximum absolute atomic E-state index is 12.2. The molecule has 2 N–H and O–H groups in total. The van der Waals surface area contributed by atoms with E-state index in [1.165, 1.54) is 0 Å². The molecule has 4 heteroatoms. The molecule has 1 heterocycles. The molecule has 2 aliphatic rings. The lowest BCUT2D eigenvalue weighted by Crippen LogP contribution is -2.49. The minimum atomic E-state index is -0.444. The summed E-state index contributed by atoms with van der Waals surface area (Å²) in [6, 6.07) is 1.85. The number of carbonyl (C=O) groups is 1. The molecular formula is C12H19N3O. The molecule has 1 aliphatic carbocycles. The van der Waals surface area contributed by atoms with E-state index in [-0.39, 0.29) is 17.9 Å². The third kappa shape index (κ3) is 1.69. The first kappa shape index (κ1) is 11.4. The number of nitrogens with zero attached hydrogens (tertiary/aromatic N) is 2. The van der Waals surface area contributed by atoms with E-state index in [9.17, 15) is 4.79 Å². The van der Waals surface area contributed by atoms with Gasteiger partial charge in [0.05, 0.1) is 12.1 Å². The second-order valence-corrected chi connectivity index (χ2v) is 5.10. The van der Waals surface area contributed by atoms with Crippen molar-refractivity contribution in [2.75, 3.05) is 0 Å². The molecule has 1 saturated carbocycles. The van der Waals surface area contributed by atoms with Crippen LogP contribution >= 0.6 is 0 Å². The van der Waals surface area contributed by atoms with E-state index >= 15 is 0 Å². The topological polar surface area (TPSA) is 70.1 Å². The first-order valence-corrected chi connectivity index (χ1v) is 6.07. The fraction of sp³-hybridized carbons (Fsp3) is 0.833. The summed E-state index contributed by atoms with van der Waals surface area (Å²) in [6.45, 7) is 4.02. The largest absolute Gasteiger partial charge is 0.322 e. The second-order valence-electron chi connectivity index (χ2n) is 5.10. The number of nitriles is 1. The minimum Gasteiger partial charge on any atom is -0.322 e. The standard InChI is InChI=1S/C12H19N3O/c1-3-7(2)11(14)12(16)15-9(6-13)4-8-5-10(8)15/h7-11H,3-5,14H2,1-2H3/t7-,8+,9-,10-,11-/m0/s1. The van der Waals surface area contributed by atoms with Gasteiger partial charge in [0.1, 0.15) is 6.04 Å². The Labute approximate surface area is 96.4 Å². The van der Waals surface area contributed by atoms with Crippen molar-refractivity contribution in [3.05, 3.63) is 0 Å². The molecular weight excluding hydrogens is 202 g/mol. The van der Waals surface area contributed by atoms with Crippen molar-refractivity contribution in [3.63, 3.8) is 0 Å². The molecule has 0 bridgehead atoms. The van der Waals surface area contributed by atoms with Crippen LogP contribution in [0.3, 0.4) is 0 Å². The maximum atomic E-state index is 12.2. The first-order chi connectivity index (χ1) is 7.60. The van der Waals surface area contributed by atoms with Crippen molar-refractivity contribution in [3.8, 4) is 6.07 Å². The lowest BCUT2D eigenvalue weighted by molar-refractivity contribution is -0.134. The summed E-state index contributed by atoms with van der Waals surface area (Å²) < 4.78 is 0. The predicted molar refractivity (Wildman–Crippen MR) is 60.2 cm³/mol. The number of nitrogens with two attached hydrogens (primary N) is 1. The number of likely N-dealkylation sites (tertiary alicyclic amines) is 1. The molecule has 4 nitrogen and oxygen atoms in total. The molecule has 0 unspecified atom stereocenters. The average Bonchev–Trinajstić information content (AvgIpc) is 2.97. The van der Waals surface area contributed by atoms with Crippen molar-refractivity contribution in [1.29, 1.82) is 5.26 Å². The number of hydrogen-bond donors (Lipinski definition) is 1. The van der Waals surface area contributed by atoms with E-state index in [2.05, 4.69) is 6.07 Å². The van der Waals surface area contributed by atoms with Gasteiger partial charge < -0.3 is 10.6 Å². The van der Waals surface area contributed by atoms with Crippen molar-refractivity contribution < 1.29 is 4.79 Å². The zero-order valence-electron chi connectivity index (χ0n) is 9.89. The van der Waals surface area contributed by atoms with Crippen LogP contribution in [-0.2, 0) is 4.79 Å². The van der Waals surface area contributed by atoms with Crippen LogP contribution in [0.5, 0.6) is 0 Å². The van der Waals surface area contributed by atoms with E-state index in [1.807, 2.05) is 13.8 Å². The number of fused-ring (bicyclic) bond motifs is 1. The monoisotopic (exact) mass is 221 g/mol. The van der Waals surface area contributed by atoms with Gasteiger partial charge in [-0.05, 0) is 24.7 Å². The molecule has 16 heavy (non-hydrogen) atoms. The van der Waals surface area contributed by atoms with E-state index in [0.717, 1.165) is 19.3 Å². The van der Waals surface area contributed by atoms with Crippen LogP contribution in [0.4, 0.5) is 0 Å². The van der Waals surface area contributed by atoms with Gasteiger partial charge in [0, 0.05) is 6.04 Å². The van der Waals surface area contributed by atoms with Gasteiger partial charge in [0.15, 0.2) is 0 Å². The highest BCUT2D eigenvalue weighted by atomic mass is 16.2. The number of hydrogen-bond acceptors (Lipinski definition) is 3. The molecule has 5 atom stereocenters. The van der Waals surface area contributed by atoms with Gasteiger partial charge in [-0.25, -0.2) is 0 Å². The SMILES string of the molecule is CC[C@H](C)[C@H](N)C(=O)N1[C@H](C#N)C[C@@H]2C[C@@H]21. The van der Waals surface area contributed by atoms with E-state index in [0.29, 0.717) is 12.0 Å². The molecule has 0 aromatic carbocycles. The van der Waals surface area contributed by atoms with Gasteiger partial charge in [-0.3, -0.25) is 4.79 Å². The van der Waals surface area contributed by atoms with Gasteiger partial charge in [-0.15, -0.1) is 0 Å². The van der Waals surface area contributed by atoms with Crippen LogP contribution in [0.25, 0.3) is 0 Å². The molecule has 0 radical (unpaired) electrons. The van der Waals surface area contributed by atoms with Gasteiger partial charge in [-0.2, -0.15) is 5.26 Å². The van der Waals surface area contributed by atoms with E-state index < -0.39 is 6.04 Å². The van der Waals surface area contributed by atoms with Crippen molar-refractivity contribution in [2.24, 2.45) is 17.6 Å². The minimum absolute atomic E-state index is 0.0223. The Kier molecular flexibility index (Phi) is 2.90. The van der Waals surface area contributed by atoms with Gasteiger partial charge in [0.25, 0.3) is 0 Å². The molecule has 1 saturated heterocycles. The number of amides is 1. The Bertz CT molecular complexity index is 336. The Morgan fingerprint density at radius 1 is 1.62 bits per heavy atom. The highest BCUT2D eigenvalue weighted by Gasteiger charge is 2.54. The average molecular weight is 221 g/mol. The quantitative estimate of drug-likeness (QED) is 0.768. The Morgan fingerprint density at radius 3 is 2.88 bits per heavy atom. The smallest absolute Gasteiger partial charge is 0.241 e. The second kappa shape index (κ2) is 4.06. The Morgan fingerprint density at radius 2 is 2.31 bits per heavy atom. The van der Waals surface area contributed by atoms with Crippen LogP contribution < -0.4 is 5.73 Å². The first-order valence-electron chi connectivity index (χ1n) is 6.07. The summed E-state index contributed by atoms with van der Waals surface area (Å²) >= 11 is 0. The fourth-order valence-corrected chi connectivity index (χ4v) is 2.56. The molecule has 0 aromatic heterocycles. The van der Waals surface area contributed by atoms with Crippen LogP contribution in [0.1, 0.15) is 33.1 Å². The van der Waals surface area contributed by atoms with Crippen LogP contribution in [-0.4, -0.2) is 28.9 Å². The lowest BCUT2D eigenvalue weighted by atomic mass is 9.98. The predicted octanol–water partition coefficient (Wildman–Crippen LogP) is 0.873. The zero-order valence-corrected chi connectivity index (χ0v) is 9.89. The number of carbonyl (C=O) groups excluding carboxylic acids is 1. The Balaban J connectivity index is 2.06. The van der Waals surface area contributed by atoms with Crippen LogP contribution in [0, 0.1) is 23.2 Å². The zero-order chi connectivity index (χ0) is 11.9. The number of piperidine rings is 1. The molecule has 1 aliphatic heterocycles. The highest BCUT2D eigenvalue weighted by Crippen LogP contribution is 2.47. The molecule has 88 valence electrons. The summed E-state index contributed by atoms with van der Waals surface area (Å²) in [5, 5.41) is 9.02. The van der Waals surface area contributed by atoms with Gasteiger partial charge >= 0.3 is 0 Å². The lowest BCUT2D eigenvalue weighted by Gasteiger charge is -2.28. The highest BCUT2D eigenvalue weighted by molar-refractivity contribution is 5.83. The summed E-state index contributed by atoms with van der Waals surface area (Å²) in [5.74, 6) is 0.730. The van der Waals surface area contributed by atoms with E-state index in [4.69, 9.17) is 11.0 Å². The summed E-state index contributed by atoms with van der Waals surface area (Å²) in [5.41, 5.74) is 5.95. The molecule has 0 aromatic rings. The maximum Gasteiger partial charge on any atom is 0.241 e. The van der Waals surface area contributed by atoms with Gasteiger partial charge in [0.2, 0.25) is 5.91 Å². The molecule has 2 fully saturated rings. The van der Waals surface area contributed by atoms with Crippen molar-refractivity contribution in [2.45, 2.75) is 51.2 Å². The summed E-state index contributed by atoms with van der Waals surface area (Å²) in [4.78, 5) is 14.0. The third-order valence-electron chi connectivity index (χ3n) is 4.05. The summed E-state index contributed by atoms with van der Waals surface area (Å²) in [7, 11) is 0. The fourth-order valence-electron chi connectivity index (χ4n) is 2.56. The number of rotatable bonds is 3. The van der Waals surface area contributed by atoms with Crippen LogP contribution in [0.2, 0.25) is 0 Å². The molecule has 0 spiro atoms. The van der Waals surface area contributed by atoms with E-state index in [1.54, 1.807) is 4.90 Å².